The van der Waals surface area contributed by atoms with E-state index in [0.717, 1.165) is 59.7 Å². The van der Waals surface area contributed by atoms with Gasteiger partial charge in [-0.2, -0.15) is 10.2 Å². The van der Waals surface area contributed by atoms with E-state index in [4.69, 9.17) is 10.2 Å². The molecule has 0 N–H and O–H groups in total. The van der Waals surface area contributed by atoms with E-state index in [-0.39, 0.29) is 9.79 Å². The summed E-state index contributed by atoms with van der Waals surface area (Å²) in [6.45, 7) is 7.02. The highest BCUT2D eigenvalue weighted by Gasteiger charge is 2.17. The third-order valence-corrected chi connectivity index (χ3v) is 12.4. The largest absolute Gasteiger partial charge is 0.744 e. The monoisotopic (exact) mass is 896 g/mol. The fraction of sp³-hybridized carbons (Fsp3) is 0.167. The van der Waals surface area contributed by atoms with Crippen LogP contribution in [0.25, 0.3) is 33.8 Å². The zero-order valence-corrected chi connectivity index (χ0v) is 37.5. The summed E-state index contributed by atoms with van der Waals surface area (Å²) < 4.78 is 71.1. The molecule has 0 aliphatic carbocycles. The molecule has 1 fully saturated rings. The van der Waals surface area contributed by atoms with Crippen molar-refractivity contribution in [1.29, 1.82) is 0 Å². The molecular formula is C48H48N8O6S2. The first-order valence-electron chi connectivity index (χ1n) is 20.4. The van der Waals surface area contributed by atoms with Gasteiger partial charge in [-0.05, 0) is 85.6 Å². The fourth-order valence-corrected chi connectivity index (χ4v) is 7.94. The van der Waals surface area contributed by atoms with E-state index in [9.17, 15) is 25.9 Å². The maximum absolute atomic E-state index is 10.4. The Balaban J connectivity index is 0.000000227. The predicted molar refractivity (Wildman–Crippen MR) is 245 cm³/mol. The number of pyridine rings is 2. The van der Waals surface area contributed by atoms with Crippen LogP contribution >= 0.6 is 0 Å². The van der Waals surface area contributed by atoms with Gasteiger partial charge in [0.05, 0.1) is 74.9 Å². The predicted octanol–water partition coefficient (Wildman–Crippen LogP) is 5.96. The number of piperazine rings is 1. The van der Waals surface area contributed by atoms with Gasteiger partial charge in [0.2, 0.25) is 0 Å². The molecule has 16 heteroatoms. The van der Waals surface area contributed by atoms with Gasteiger partial charge in [-0.25, -0.2) is 34.8 Å². The lowest BCUT2D eigenvalue weighted by Crippen LogP contribution is -2.41. The van der Waals surface area contributed by atoms with Crippen LogP contribution < -0.4 is 8.80 Å². The van der Waals surface area contributed by atoms with Crippen molar-refractivity contribution in [1.82, 2.24) is 19.2 Å². The quantitative estimate of drug-likeness (QED) is 0.103. The van der Waals surface area contributed by atoms with E-state index in [1.54, 1.807) is 24.3 Å². The van der Waals surface area contributed by atoms with Gasteiger partial charge in [-0.3, -0.25) is 10.0 Å². The second-order valence-electron chi connectivity index (χ2n) is 15.3. The molecule has 9 rings (SSSR count). The molecule has 1 aliphatic rings. The first-order chi connectivity index (χ1) is 30.6. The van der Waals surface area contributed by atoms with Crippen LogP contribution in [0.2, 0.25) is 0 Å². The molecule has 0 atom stereocenters. The van der Waals surface area contributed by atoms with Crippen LogP contribution in [0.1, 0.15) is 22.3 Å². The molecule has 0 radical (unpaired) electrons. The molecule has 5 heterocycles. The molecule has 14 nitrogen and oxygen atoms in total. The first-order valence-corrected chi connectivity index (χ1v) is 23.2. The number of imidazole rings is 2. The lowest BCUT2D eigenvalue weighted by atomic mass is 10.1. The van der Waals surface area contributed by atoms with Crippen molar-refractivity contribution < 1.29 is 34.7 Å². The van der Waals surface area contributed by atoms with Crippen molar-refractivity contribution in [2.75, 3.05) is 26.2 Å². The molecule has 0 bridgehead atoms. The Hall–Kier alpha value is -6.98. The highest BCUT2D eigenvalue weighted by atomic mass is 32.2. The maximum atomic E-state index is 10.4. The number of hydrazone groups is 2. The number of rotatable bonds is 8. The van der Waals surface area contributed by atoms with Crippen LogP contribution in [-0.4, -0.2) is 83.7 Å². The average Bonchev–Trinajstić information content (AvgIpc) is 3.81. The Labute approximate surface area is 373 Å². The van der Waals surface area contributed by atoms with Gasteiger partial charge in [0.1, 0.15) is 32.6 Å². The maximum Gasteiger partial charge on any atom is 0.286 e. The SMILES string of the molecule is Cc1ccc(S(=O)(=O)[O-])cc1.Cc1ccc(S(=O)(=O)[O-])cc1.Cn1c(-c2ccc(/C=N\N3CCN(/N=C/c4ccc(-c5c[n+]6ccccc6n5C)cc4)CC3)cc2)c[n+]2ccccc12. The van der Waals surface area contributed by atoms with Gasteiger partial charge in [-0.1, -0.05) is 71.8 Å². The topological polar surface area (TPSA) is 164 Å². The molecule has 4 aromatic carbocycles. The lowest BCUT2D eigenvalue weighted by molar-refractivity contribution is -0.510. The van der Waals surface area contributed by atoms with Crippen molar-refractivity contribution in [2.45, 2.75) is 23.6 Å². The smallest absolute Gasteiger partial charge is 0.286 e. The van der Waals surface area contributed by atoms with Crippen LogP contribution in [0.15, 0.2) is 178 Å². The van der Waals surface area contributed by atoms with Gasteiger partial charge in [0.15, 0.2) is 11.4 Å². The normalized spacial score (nSPS) is 13.3. The van der Waals surface area contributed by atoms with E-state index in [0.29, 0.717) is 0 Å². The van der Waals surface area contributed by atoms with E-state index >= 15 is 0 Å². The average molecular weight is 897 g/mol. The molecule has 8 aromatic rings. The highest BCUT2D eigenvalue weighted by Crippen LogP contribution is 2.21. The minimum absolute atomic E-state index is 0.178. The zero-order valence-electron chi connectivity index (χ0n) is 35.8. The summed E-state index contributed by atoms with van der Waals surface area (Å²) in [5, 5.41) is 13.7. The summed E-state index contributed by atoms with van der Waals surface area (Å²) in [4.78, 5) is -0.355. The molecule has 0 unspecified atom stereocenters. The van der Waals surface area contributed by atoms with Gasteiger partial charge < -0.3 is 9.11 Å². The van der Waals surface area contributed by atoms with E-state index < -0.39 is 20.2 Å². The molecule has 328 valence electrons. The Morgan fingerprint density at radius 3 is 1.16 bits per heavy atom. The van der Waals surface area contributed by atoms with Crippen molar-refractivity contribution in [2.24, 2.45) is 24.3 Å². The van der Waals surface area contributed by atoms with Gasteiger partial charge in [0.25, 0.3) is 11.3 Å². The second-order valence-corrected chi connectivity index (χ2v) is 18.0. The number of nitrogens with zero attached hydrogens (tertiary/aromatic N) is 8. The van der Waals surface area contributed by atoms with Gasteiger partial charge in [0, 0.05) is 23.3 Å². The second kappa shape index (κ2) is 19.6. The van der Waals surface area contributed by atoms with Crippen LogP contribution in [-0.2, 0) is 34.3 Å². The summed E-state index contributed by atoms with van der Waals surface area (Å²) in [7, 11) is -4.33. The molecule has 0 saturated carbocycles. The molecular weight excluding hydrogens is 849 g/mol. The van der Waals surface area contributed by atoms with Gasteiger partial charge in [-0.15, -0.1) is 0 Å². The Morgan fingerprint density at radius 2 is 0.844 bits per heavy atom. The number of hydrogen-bond acceptors (Lipinski definition) is 10. The molecule has 1 aliphatic heterocycles. The standard InChI is InChI=1S/C34H34N8.2C7H8O3S/c1-37-31(25-39-17-5-3-7-33(37)39)29-13-9-27(10-14-29)23-35-41-19-21-42(22-20-41)36-24-28-11-15-30(16-12-28)32-26-40-18-6-4-8-34(40)38(32)2;2*1-6-2-4-7(5-3-6)11(8,9)10/h3-18,23-26H,19-22H2,1-2H3;2*2-5H,1H3,(H,8,9,10)/q+2;;/p-2/b35-23-,36-24+;;. The summed E-state index contributed by atoms with van der Waals surface area (Å²) in [5.41, 5.74) is 11.1. The minimum atomic E-state index is -4.27. The summed E-state index contributed by atoms with van der Waals surface area (Å²) >= 11 is 0. The Kier molecular flexibility index (Phi) is 13.8. The number of fused-ring (bicyclic) bond motifs is 2. The number of aromatic nitrogens is 4. The summed E-state index contributed by atoms with van der Waals surface area (Å²) in [6, 6.07) is 41.2. The number of hydrogen-bond donors (Lipinski definition) is 0. The molecule has 64 heavy (non-hydrogen) atoms. The van der Waals surface area contributed by atoms with Crippen LogP contribution in [0.5, 0.6) is 0 Å². The number of aryl methyl sites for hydroxylation is 4. The molecule has 0 spiro atoms. The summed E-state index contributed by atoms with van der Waals surface area (Å²) in [6.07, 6.45) is 12.4. The van der Waals surface area contributed by atoms with Crippen molar-refractivity contribution >= 4 is 44.0 Å². The van der Waals surface area contributed by atoms with Crippen molar-refractivity contribution in [3.8, 4) is 22.5 Å². The van der Waals surface area contributed by atoms with Crippen molar-refractivity contribution in [3.05, 3.63) is 181 Å². The summed E-state index contributed by atoms with van der Waals surface area (Å²) in [5.74, 6) is 0. The third-order valence-electron chi connectivity index (χ3n) is 10.7. The van der Waals surface area contributed by atoms with Crippen LogP contribution in [0.3, 0.4) is 0 Å². The first kappa shape index (κ1) is 45.1. The van der Waals surface area contributed by atoms with E-state index in [2.05, 4.69) is 140 Å². The van der Waals surface area contributed by atoms with E-state index in [1.807, 2.05) is 38.4 Å². The highest BCUT2D eigenvalue weighted by molar-refractivity contribution is 7.86. The zero-order chi connectivity index (χ0) is 45.4. The molecule has 1 saturated heterocycles. The van der Waals surface area contributed by atoms with Crippen LogP contribution in [0.4, 0.5) is 0 Å². The number of benzene rings is 4. The lowest BCUT2D eigenvalue weighted by Gasteiger charge is -2.31. The van der Waals surface area contributed by atoms with Crippen LogP contribution in [0, 0.1) is 13.8 Å². The minimum Gasteiger partial charge on any atom is -0.744 e. The third kappa shape index (κ3) is 11.3. The van der Waals surface area contributed by atoms with E-state index in [1.165, 1.54) is 46.8 Å². The Morgan fingerprint density at radius 1 is 0.500 bits per heavy atom. The van der Waals surface area contributed by atoms with Crippen molar-refractivity contribution in [3.63, 3.8) is 0 Å². The Bertz CT molecular complexity index is 2920. The van der Waals surface area contributed by atoms with Gasteiger partial charge >= 0.3 is 0 Å². The fourth-order valence-electron chi connectivity index (χ4n) is 7.00. The molecule has 4 aromatic heterocycles. The molecule has 0 amide bonds.